The molecule has 0 aliphatic rings. The molecule has 3 nitrogen and oxygen atoms in total. The van der Waals surface area contributed by atoms with Crippen molar-refractivity contribution in [2.24, 2.45) is 0 Å². The maximum absolute atomic E-state index is 5.04. The van der Waals surface area contributed by atoms with Crippen molar-refractivity contribution in [3.8, 4) is 39.1 Å². The molecule has 49 heavy (non-hydrogen) atoms. The van der Waals surface area contributed by atoms with Crippen LogP contribution in [0, 0.1) is 0 Å². The van der Waals surface area contributed by atoms with Crippen LogP contribution in [0.25, 0.3) is 93.5 Å². The molecule has 0 unspecified atom stereocenters. The summed E-state index contributed by atoms with van der Waals surface area (Å²) in [6.45, 7) is 0. The molecule has 10 rings (SSSR count). The Morgan fingerprint density at radius 1 is 0.367 bits per heavy atom. The number of fused-ring (bicyclic) bond motifs is 6. The summed E-state index contributed by atoms with van der Waals surface area (Å²) in [6, 6.07) is 58.9. The third-order valence-corrected chi connectivity index (χ3v) is 9.89. The molecule has 0 saturated carbocycles. The van der Waals surface area contributed by atoms with Gasteiger partial charge in [0.25, 0.3) is 0 Å². The molecule has 0 aliphatic carbocycles. The Kier molecular flexibility index (Phi) is 6.18. The number of hydrogen-bond acceptors (Lipinski definition) is 2. The minimum Gasteiger partial charge on any atom is -0.307 e. The first-order valence-corrected chi connectivity index (χ1v) is 16.7. The van der Waals surface area contributed by atoms with Gasteiger partial charge in [-0.1, -0.05) is 133 Å². The minimum atomic E-state index is 0.869. The summed E-state index contributed by atoms with van der Waals surface area (Å²) in [6.07, 6.45) is 3.62. The van der Waals surface area contributed by atoms with Crippen LogP contribution in [0.3, 0.4) is 0 Å². The predicted molar refractivity (Wildman–Crippen MR) is 205 cm³/mol. The standard InChI is InChI=1S/C46H29N3/c1-3-12-30(13-4-1)34-22-23-38(37-19-10-9-18-36(34)37)39-24-25-42(46-45(39)47-26-27-48-46)49-41-21-11-20-35(31-14-5-2-6-15-31)44(41)40-28-32-16-7-8-17-33(32)29-43(40)49/h1-29H. The molecule has 0 spiro atoms. The lowest BCUT2D eigenvalue weighted by atomic mass is 9.91. The van der Waals surface area contributed by atoms with Crippen molar-refractivity contribution >= 4 is 54.4 Å². The lowest BCUT2D eigenvalue weighted by Crippen LogP contribution is -1.99. The van der Waals surface area contributed by atoms with Crippen molar-refractivity contribution < 1.29 is 0 Å². The average molecular weight is 624 g/mol. The van der Waals surface area contributed by atoms with Gasteiger partial charge in [0.1, 0.15) is 5.52 Å². The van der Waals surface area contributed by atoms with Crippen molar-refractivity contribution in [1.29, 1.82) is 0 Å². The van der Waals surface area contributed by atoms with Crippen LogP contribution in [-0.2, 0) is 0 Å². The molecule has 228 valence electrons. The summed E-state index contributed by atoms with van der Waals surface area (Å²) in [5, 5.41) is 7.30. The molecular weight excluding hydrogens is 595 g/mol. The van der Waals surface area contributed by atoms with Crippen LogP contribution in [0.5, 0.6) is 0 Å². The summed E-state index contributed by atoms with van der Waals surface area (Å²) in [4.78, 5) is 10.1. The predicted octanol–water partition coefficient (Wildman–Crippen LogP) is 12.0. The van der Waals surface area contributed by atoms with Crippen molar-refractivity contribution in [3.05, 3.63) is 176 Å². The van der Waals surface area contributed by atoms with E-state index in [9.17, 15) is 0 Å². The molecule has 0 aliphatic heterocycles. The van der Waals surface area contributed by atoms with Gasteiger partial charge >= 0.3 is 0 Å². The first kappa shape index (κ1) is 27.5. The summed E-state index contributed by atoms with van der Waals surface area (Å²) < 4.78 is 2.39. The van der Waals surface area contributed by atoms with Gasteiger partial charge in [-0.15, -0.1) is 0 Å². The number of hydrogen-bond donors (Lipinski definition) is 0. The Hall–Kier alpha value is -6.58. The monoisotopic (exact) mass is 623 g/mol. The van der Waals surface area contributed by atoms with Gasteiger partial charge in [-0.05, 0) is 79.7 Å². The first-order chi connectivity index (χ1) is 24.3. The van der Waals surface area contributed by atoms with E-state index >= 15 is 0 Å². The highest BCUT2D eigenvalue weighted by Crippen LogP contribution is 2.43. The van der Waals surface area contributed by atoms with Crippen LogP contribution >= 0.6 is 0 Å². The van der Waals surface area contributed by atoms with Gasteiger partial charge in [0.05, 0.1) is 22.2 Å². The molecular formula is C46H29N3. The van der Waals surface area contributed by atoms with E-state index in [4.69, 9.17) is 9.97 Å². The Labute approximate surface area is 283 Å². The Morgan fingerprint density at radius 2 is 0.959 bits per heavy atom. The second kappa shape index (κ2) is 11.0. The number of rotatable bonds is 4. The molecule has 0 bridgehead atoms. The maximum Gasteiger partial charge on any atom is 0.113 e. The van der Waals surface area contributed by atoms with E-state index in [1.54, 1.807) is 0 Å². The zero-order valence-electron chi connectivity index (χ0n) is 26.6. The minimum absolute atomic E-state index is 0.869. The quantitative estimate of drug-likeness (QED) is 0.195. The highest BCUT2D eigenvalue weighted by atomic mass is 15.0. The SMILES string of the molecule is c1ccc(-c2ccc(-c3ccc(-n4c5cc6ccccc6cc5c5c(-c6ccccc6)cccc54)c4nccnc34)c3ccccc23)cc1. The van der Waals surface area contributed by atoms with E-state index in [1.165, 1.54) is 54.6 Å². The second-order valence-electron chi connectivity index (χ2n) is 12.6. The lowest BCUT2D eigenvalue weighted by Gasteiger charge is -2.16. The summed E-state index contributed by atoms with van der Waals surface area (Å²) in [7, 11) is 0. The summed E-state index contributed by atoms with van der Waals surface area (Å²) >= 11 is 0. The summed E-state index contributed by atoms with van der Waals surface area (Å²) in [5.41, 5.74) is 12.1. The summed E-state index contributed by atoms with van der Waals surface area (Å²) in [5.74, 6) is 0. The van der Waals surface area contributed by atoms with Gasteiger partial charge in [-0.25, -0.2) is 0 Å². The van der Waals surface area contributed by atoms with Gasteiger partial charge in [0.15, 0.2) is 0 Å². The van der Waals surface area contributed by atoms with Gasteiger partial charge in [0.2, 0.25) is 0 Å². The fourth-order valence-electron chi connectivity index (χ4n) is 7.71. The lowest BCUT2D eigenvalue weighted by molar-refractivity contribution is 1.17. The van der Waals surface area contributed by atoms with Crippen molar-refractivity contribution in [3.63, 3.8) is 0 Å². The third kappa shape index (κ3) is 4.29. The highest BCUT2D eigenvalue weighted by molar-refractivity contribution is 6.19. The molecule has 0 atom stereocenters. The molecule has 3 heteroatoms. The molecule has 0 radical (unpaired) electrons. The smallest absolute Gasteiger partial charge is 0.113 e. The topological polar surface area (TPSA) is 30.7 Å². The van der Waals surface area contributed by atoms with Crippen molar-refractivity contribution in [2.75, 3.05) is 0 Å². The van der Waals surface area contributed by atoms with E-state index < -0.39 is 0 Å². The van der Waals surface area contributed by atoms with Crippen LogP contribution in [0.1, 0.15) is 0 Å². The van der Waals surface area contributed by atoms with Gasteiger partial charge in [0, 0.05) is 28.7 Å². The molecule has 0 amide bonds. The average Bonchev–Trinajstić information content (AvgIpc) is 3.50. The normalized spacial score (nSPS) is 11.7. The molecule has 10 aromatic rings. The van der Waals surface area contributed by atoms with E-state index in [0.29, 0.717) is 0 Å². The van der Waals surface area contributed by atoms with E-state index in [2.05, 4.69) is 168 Å². The van der Waals surface area contributed by atoms with Crippen molar-refractivity contribution in [2.45, 2.75) is 0 Å². The molecule has 2 heterocycles. The van der Waals surface area contributed by atoms with E-state index in [0.717, 1.165) is 38.9 Å². The van der Waals surface area contributed by atoms with Gasteiger partial charge < -0.3 is 4.57 Å². The zero-order valence-corrected chi connectivity index (χ0v) is 26.6. The fourth-order valence-corrected chi connectivity index (χ4v) is 7.71. The third-order valence-electron chi connectivity index (χ3n) is 9.89. The largest absolute Gasteiger partial charge is 0.307 e. The highest BCUT2D eigenvalue weighted by Gasteiger charge is 2.21. The van der Waals surface area contributed by atoms with Crippen molar-refractivity contribution in [1.82, 2.24) is 14.5 Å². The first-order valence-electron chi connectivity index (χ1n) is 16.7. The second-order valence-corrected chi connectivity index (χ2v) is 12.6. The van der Waals surface area contributed by atoms with Crippen LogP contribution in [-0.4, -0.2) is 14.5 Å². The number of nitrogens with zero attached hydrogens (tertiary/aromatic N) is 3. The molecule has 0 N–H and O–H groups in total. The maximum atomic E-state index is 5.04. The van der Waals surface area contributed by atoms with Crippen LogP contribution < -0.4 is 0 Å². The number of aromatic nitrogens is 3. The Morgan fingerprint density at radius 3 is 1.71 bits per heavy atom. The van der Waals surface area contributed by atoms with E-state index in [1.807, 2.05) is 12.4 Å². The molecule has 2 aromatic heterocycles. The Bertz CT molecular complexity index is 2870. The van der Waals surface area contributed by atoms with Crippen LogP contribution in [0.4, 0.5) is 0 Å². The molecule has 0 fully saturated rings. The van der Waals surface area contributed by atoms with Crippen LogP contribution in [0.15, 0.2) is 176 Å². The Balaban J connectivity index is 1.27. The van der Waals surface area contributed by atoms with Gasteiger partial charge in [-0.3, -0.25) is 9.97 Å². The van der Waals surface area contributed by atoms with E-state index in [-0.39, 0.29) is 0 Å². The molecule has 8 aromatic carbocycles. The van der Waals surface area contributed by atoms with Gasteiger partial charge in [-0.2, -0.15) is 0 Å². The van der Waals surface area contributed by atoms with Crippen LogP contribution in [0.2, 0.25) is 0 Å². The molecule has 0 saturated heterocycles. The zero-order chi connectivity index (χ0) is 32.3. The number of benzene rings is 8. The fraction of sp³-hybridized carbons (Fsp3) is 0.